The smallest absolute Gasteiger partial charge is 0.0682 e. The Morgan fingerprint density at radius 2 is 1.80 bits per heavy atom. The first-order valence-corrected chi connectivity index (χ1v) is 5.22. The highest BCUT2D eigenvalue weighted by molar-refractivity contribution is 5.71. The second kappa shape index (κ2) is 5.03. The molecule has 0 heterocycles. The van der Waals surface area contributed by atoms with Gasteiger partial charge in [0.2, 0.25) is 0 Å². The summed E-state index contributed by atoms with van der Waals surface area (Å²) in [5.41, 5.74) is 3.29. The molecule has 0 bridgehead atoms. The first kappa shape index (κ1) is 11.9. The summed E-state index contributed by atoms with van der Waals surface area (Å²) in [7, 11) is 6.11. The van der Waals surface area contributed by atoms with Crippen LogP contribution in [0, 0.1) is 0 Å². The fourth-order valence-electron chi connectivity index (χ4n) is 1.52. The third kappa shape index (κ3) is 2.63. The van der Waals surface area contributed by atoms with Crippen molar-refractivity contribution in [3.05, 3.63) is 23.8 Å². The van der Waals surface area contributed by atoms with Gasteiger partial charge in [-0.25, -0.2) is 0 Å². The highest BCUT2D eigenvalue weighted by Crippen LogP contribution is 2.28. The van der Waals surface area contributed by atoms with Gasteiger partial charge < -0.3 is 14.9 Å². The van der Waals surface area contributed by atoms with Gasteiger partial charge in [-0.3, -0.25) is 0 Å². The average Bonchev–Trinajstić information content (AvgIpc) is 2.27. The maximum absolute atomic E-state index is 9.10. The number of benzene rings is 1. The van der Waals surface area contributed by atoms with Crippen LogP contribution in [0.3, 0.4) is 0 Å². The van der Waals surface area contributed by atoms with Crippen LogP contribution in [0.4, 0.5) is 11.4 Å². The quantitative estimate of drug-likeness (QED) is 0.816. The van der Waals surface area contributed by atoms with E-state index >= 15 is 0 Å². The van der Waals surface area contributed by atoms with Crippen LogP contribution in [-0.2, 0) is 6.61 Å². The zero-order valence-corrected chi connectivity index (χ0v) is 9.99. The van der Waals surface area contributed by atoms with Crippen molar-refractivity contribution in [2.75, 3.05) is 37.5 Å². The monoisotopic (exact) mass is 208 g/mol. The minimum absolute atomic E-state index is 0.0942. The summed E-state index contributed by atoms with van der Waals surface area (Å²) in [5.74, 6) is 0. The Morgan fingerprint density at radius 1 is 1.13 bits per heavy atom. The van der Waals surface area contributed by atoms with Crippen molar-refractivity contribution in [2.24, 2.45) is 0 Å². The first-order valence-electron chi connectivity index (χ1n) is 5.22. The molecule has 0 unspecified atom stereocenters. The van der Waals surface area contributed by atoms with Gasteiger partial charge in [-0.05, 0) is 24.6 Å². The van der Waals surface area contributed by atoms with Gasteiger partial charge in [-0.1, -0.05) is 6.07 Å². The van der Waals surface area contributed by atoms with E-state index in [9.17, 15) is 0 Å². The Kier molecular flexibility index (Phi) is 3.97. The molecule has 3 heteroatoms. The van der Waals surface area contributed by atoms with Crippen LogP contribution in [0.2, 0.25) is 0 Å². The largest absolute Gasteiger partial charge is 0.392 e. The zero-order chi connectivity index (χ0) is 11.4. The third-order valence-electron chi connectivity index (χ3n) is 2.59. The van der Waals surface area contributed by atoms with Crippen molar-refractivity contribution >= 4 is 11.4 Å². The number of rotatable bonds is 4. The van der Waals surface area contributed by atoms with Crippen LogP contribution in [-0.4, -0.2) is 32.8 Å². The van der Waals surface area contributed by atoms with E-state index in [1.54, 1.807) is 0 Å². The van der Waals surface area contributed by atoms with Gasteiger partial charge in [0.05, 0.1) is 18.0 Å². The summed E-state index contributed by atoms with van der Waals surface area (Å²) in [4.78, 5) is 4.26. The van der Waals surface area contributed by atoms with Crippen molar-refractivity contribution in [1.82, 2.24) is 0 Å². The Labute approximate surface area is 91.9 Å². The molecule has 3 nitrogen and oxygen atoms in total. The number of aliphatic hydroxyl groups excluding tert-OH is 1. The molecule has 0 aliphatic carbocycles. The maximum atomic E-state index is 9.10. The number of hydrogen-bond donors (Lipinski definition) is 1. The summed E-state index contributed by atoms with van der Waals surface area (Å²) >= 11 is 0. The fraction of sp³-hybridized carbons (Fsp3) is 0.500. The lowest BCUT2D eigenvalue weighted by atomic mass is 10.1. The normalized spacial score (nSPS) is 10.2. The van der Waals surface area contributed by atoms with Crippen LogP contribution < -0.4 is 9.80 Å². The molecule has 0 atom stereocenters. The topological polar surface area (TPSA) is 26.7 Å². The molecule has 1 rings (SSSR count). The Bertz CT molecular complexity index is 323. The lowest BCUT2D eigenvalue weighted by molar-refractivity contribution is 0.282. The van der Waals surface area contributed by atoms with E-state index in [2.05, 4.69) is 29.8 Å². The molecular weight excluding hydrogens is 188 g/mol. The minimum Gasteiger partial charge on any atom is -0.392 e. The van der Waals surface area contributed by atoms with E-state index in [-0.39, 0.29) is 6.61 Å². The molecule has 0 saturated carbocycles. The Hall–Kier alpha value is -1.22. The van der Waals surface area contributed by atoms with Crippen LogP contribution >= 0.6 is 0 Å². The van der Waals surface area contributed by atoms with Crippen LogP contribution in [0.25, 0.3) is 0 Å². The summed E-state index contributed by atoms with van der Waals surface area (Å²) in [6, 6.07) is 6.06. The van der Waals surface area contributed by atoms with E-state index in [4.69, 9.17) is 5.11 Å². The van der Waals surface area contributed by atoms with Crippen molar-refractivity contribution < 1.29 is 5.11 Å². The molecule has 0 aromatic heterocycles. The van der Waals surface area contributed by atoms with E-state index in [0.717, 1.165) is 17.8 Å². The highest BCUT2D eigenvalue weighted by atomic mass is 16.3. The van der Waals surface area contributed by atoms with Crippen LogP contribution in [0.15, 0.2) is 18.2 Å². The summed E-state index contributed by atoms with van der Waals surface area (Å²) < 4.78 is 0. The maximum Gasteiger partial charge on any atom is 0.0682 e. The minimum atomic E-state index is 0.0942. The van der Waals surface area contributed by atoms with Gasteiger partial charge in [0.25, 0.3) is 0 Å². The molecule has 0 amide bonds. The molecule has 0 aliphatic heterocycles. The van der Waals surface area contributed by atoms with E-state index in [1.807, 2.05) is 26.2 Å². The van der Waals surface area contributed by atoms with Gasteiger partial charge in [-0.2, -0.15) is 0 Å². The summed E-state index contributed by atoms with van der Waals surface area (Å²) in [5, 5.41) is 9.10. The molecule has 0 aliphatic rings. The molecule has 0 spiro atoms. The second-order valence-electron chi connectivity index (χ2n) is 3.89. The van der Waals surface area contributed by atoms with Crippen LogP contribution in [0.1, 0.15) is 12.5 Å². The van der Waals surface area contributed by atoms with Crippen LogP contribution in [0.5, 0.6) is 0 Å². The number of nitrogens with zero attached hydrogens (tertiary/aromatic N) is 2. The van der Waals surface area contributed by atoms with Crippen molar-refractivity contribution in [3.8, 4) is 0 Å². The summed E-state index contributed by atoms with van der Waals surface area (Å²) in [6.45, 7) is 3.19. The van der Waals surface area contributed by atoms with Gasteiger partial charge in [-0.15, -0.1) is 0 Å². The molecule has 0 radical (unpaired) electrons. The summed E-state index contributed by atoms with van der Waals surface area (Å²) in [6.07, 6.45) is 0. The Morgan fingerprint density at radius 3 is 2.27 bits per heavy atom. The molecule has 0 saturated heterocycles. The second-order valence-corrected chi connectivity index (χ2v) is 3.89. The molecular formula is C12H20N2O. The molecule has 0 fully saturated rings. The first-order chi connectivity index (χ1) is 7.10. The molecule has 84 valence electrons. The van der Waals surface area contributed by atoms with Gasteiger partial charge >= 0.3 is 0 Å². The third-order valence-corrected chi connectivity index (χ3v) is 2.59. The fourth-order valence-corrected chi connectivity index (χ4v) is 1.52. The number of aliphatic hydroxyl groups is 1. The molecule has 1 aromatic rings. The van der Waals surface area contributed by atoms with Gasteiger partial charge in [0.1, 0.15) is 0 Å². The standard InChI is InChI=1S/C12H20N2O/c1-5-14(4)11-7-6-10(9-15)8-12(11)13(2)3/h6-8,15H,5,9H2,1-4H3. The van der Waals surface area contributed by atoms with Crippen molar-refractivity contribution in [1.29, 1.82) is 0 Å². The lowest BCUT2D eigenvalue weighted by Gasteiger charge is -2.25. The zero-order valence-electron chi connectivity index (χ0n) is 9.99. The van der Waals surface area contributed by atoms with Crippen molar-refractivity contribution in [3.63, 3.8) is 0 Å². The van der Waals surface area contributed by atoms with E-state index < -0.39 is 0 Å². The van der Waals surface area contributed by atoms with E-state index in [1.165, 1.54) is 5.69 Å². The molecule has 15 heavy (non-hydrogen) atoms. The molecule has 1 N–H and O–H groups in total. The SMILES string of the molecule is CCN(C)c1ccc(CO)cc1N(C)C. The van der Waals surface area contributed by atoms with Gasteiger partial charge in [0.15, 0.2) is 0 Å². The predicted octanol–water partition coefficient (Wildman–Crippen LogP) is 1.70. The lowest BCUT2D eigenvalue weighted by Crippen LogP contribution is -2.20. The number of hydrogen-bond acceptors (Lipinski definition) is 3. The van der Waals surface area contributed by atoms with E-state index in [0.29, 0.717) is 0 Å². The predicted molar refractivity (Wildman–Crippen MR) is 65.6 cm³/mol. The van der Waals surface area contributed by atoms with Gasteiger partial charge in [0, 0.05) is 27.7 Å². The Balaban J connectivity index is 3.15. The molecule has 1 aromatic carbocycles. The highest BCUT2D eigenvalue weighted by Gasteiger charge is 2.08. The van der Waals surface area contributed by atoms with Crippen molar-refractivity contribution in [2.45, 2.75) is 13.5 Å². The number of anilines is 2. The average molecular weight is 208 g/mol.